The number of primary amides is 1. The summed E-state index contributed by atoms with van der Waals surface area (Å²) < 4.78 is 5.24. The van der Waals surface area contributed by atoms with Gasteiger partial charge in [-0.15, -0.1) is 0 Å². The third kappa shape index (κ3) is 4.12. The number of aryl methyl sites for hydroxylation is 3. The van der Waals surface area contributed by atoms with Gasteiger partial charge in [0.2, 0.25) is 0 Å². The van der Waals surface area contributed by atoms with Crippen LogP contribution in [0.3, 0.4) is 0 Å². The van der Waals surface area contributed by atoms with Gasteiger partial charge in [-0.05, 0) is 66.3 Å². The molecule has 0 radical (unpaired) electrons. The molecule has 6 heteroatoms. The molecule has 2 heterocycles. The van der Waals surface area contributed by atoms with Crippen LogP contribution in [0.5, 0.6) is 5.75 Å². The SMILES string of the molecule is COc1ccc(-c2cc(C(N)=O)nc3cc(CCc4cnc(C)nc4)ccc23)cc1. The highest BCUT2D eigenvalue weighted by Gasteiger charge is 2.12. The van der Waals surface area contributed by atoms with Gasteiger partial charge in [0.1, 0.15) is 17.3 Å². The number of fused-ring (bicyclic) bond motifs is 1. The number of carbonyl (C=O) groups excluding carboxylic acids is 1. The minimum absolute atomic E-state index is 0.248. The molecule has 0 saturated carbocycles. The van der Waals surface area contributed by atoms with Crippen molar-refractivity contribution in [1.82, 2.24) is 15.0 Å². The molecule has 2 N–H and O–H groups in total. The Morgan fingerprint density at radius 2 is 1.67 bits per heavy atom. The van der Waals surface area contributed by atoms with Gasteiger partial charge in [0, 0.05) is 17.8 Å². The minimum atomic E-state index is -0.547. The van der Waals surface area contributed by atoms with Gasteiger partial charge in [-0.3, -0.25) is 4.79 Å². The largest absolute Gasteiger partial charge is 0.497 e. The van der Waals surface area contributed by atoms with Crippen molar-refractivity contribution in [3.63, 3.8) is 0 Å². The number of ether oxygens (including phenoxy) is 1. The van der Waals surface area contributed by atoms with E-state index in [2.05, 4.69) is 21.0 Å². The highest BCUT2D eigenvalue weighted by molar-refractivity contribution is 6.01. The number of hydrogen-bond acceptors (Lipinski definition) is 5. The van der Waals surface area contributed by atoms with Gasteiger partial charge < -0.3 is 10.5 Å². The lowest BCUT2D eigenvalue weighted by molar-refractivity contribution is 0.0996. The van der Waals surface area contributed by atoms with Crippen molar-refractivity contribution in [2.75, 3.05) is 7.11 Å². The first kappa shape index (κ1) is 19.5. The number of nitrogens with zero attached hydrogens (tertiary/aromatic N) is 3. The lowest BCUT2D eigenvalue weighted by atomic mass is 9.97. The Morgan fingerprint density at radius 1 is 0.967 bits per heavy atom. The molecule has 0 unspecified atom stereocenters. The van der Waals surface area contributed by atoms with Crippen molar-refractivity contribution in [1.29, 1.82) is 0 Å². The van der Waals surface area contributed by atoms with Crippen LogP contribution in [-0.4, -0.2) is 28.0 Å². The predicted molar refractivity (Wildman–Crippen MR) is 116 cm³/mol. The molecule has 0 atom stereocenters. The lowest BCUT2D eigenvalue weighted by Gasteiger charge is -2.11. The van der Waals surface area contributed by atoms with E-state index in [9.17, 15) is 4.79 Å². The average molecular weight is 398 g/mol. The Kier molecular flexibility index (Phi) is 5.39. The summed E-state index contributed by atoms with van der Waals surface area (Å²) in [4.78, 5) is 24.9. The molecule has 2 aromatic heterocycles. The van der Waals surface area contributed by atoms with Gasteiger partial charge in [-0.25, -0.2) is 15.0 Å². The fourth-order valence-electron chi connectivity index (χ4n) is 3.40. The number of hydrogen-bond donors (Lipinski definition) is 1. The van der Waals surface area contributed by atoms with E-state index in [4.69, 9.17) is 10.5 Å². The van der Waals surface area contributed by atoms with Crippen molar-refractivity contribution in [2.24, 2.45) is 5.73 Å². The van der Waals surface area contributed by atoms with E-state index in [0.29, 0.717) is 0 Å². The number of carbonyl (C=O) groups is 1. The van der Waals surface area contributed by atoms with E-state index in [1.807, 2.05) is 55.7 Å². The zero-order valence-corrected chi connectivity index (χ0v) is 16.9. The summed E-state index contributed by atoms with van der Waals surface area (Å²) in [5.74, 6) is 0.988. The normalized spacial score (nSPS) is 10.9. The molecule has 0 aliphatic rings. The third-order valence-corrected chi connectivity index (χ3v) is 5.06. The van der Waals surface area contributed by atoms with Gasteiger partial charge in [0.25, 0.3) is 5.91 Å². The fraction of sp³-hybridized carbons (Fsp3) is 0.167. The molecule has 0 bridgehead atoms. The number of benzene rings is 2. The number of pyridine rings is 1. The maximum Gasteiger partial charge on any atom is 0.267 e. The molecule has 150 valence electrons. The Hall–Kier alpha value is -3.80. The second-order valence-corrected chi connectivity index (χ2v) is 7.14. The standard InChI is InChI=1S/C24H22N4O2/c1-15-26-13-17(14-27-15)4-3-16-5-10-20-21(18-6-8-19(30-2)9-7-18)12-23(24(25)29)28-22(20)11-16/h5-14H,3-4H2,1-2H3,(H2,25,29). The van der Waals surface area contributed by atoms with Crippen molar-refractivity contribution in [3.05, 3.63) is 83.6 Å². The van der Waals surface area contributed by atoms with Gasteiger partial charge in [0.15, 0.2) is 0 Å². The monoisotopic (exact) mass is 398 g/mol. The molecule has 2 aromatic carbocycles. The van der Waals surface area contributed by atoms with Crippen LogP contribution in [0.4, 0.5) is 0 Å². The van der Waals surface area contributed by atoms with Crippen LogP contribution in [0.2, 0.25) is 0 Å². The quantitative estimate of drug-likeness (QED) is 0.532. The molecule has 0 aliphatic heterocycles. The van der Waals surface area contributed by atoms with E-state index < -0.39 is 5.91 Å². The van der Waals surface area contributed by atoms with E-state index in [0.717, 1.165) is 57.6 Å². The minimum Gasteiger partial charge on any atom is -0.497 e. The number of amides is 1. The van der Waals surface area contributed by atoms with E-state index in [1.54, 1.807) is 13.2 Å². The summed E-state index contributed by atoms with van der Waals surface area (Å²) in [5.41, 5.74) is 10.6. The number of nitrogens with two attached hydrogens (primary N) is 1. The fourth-order valence-corrected chi connectivity index (χ4v) is 3.40. The summed E-state index contributed by atoms with van der Waals surface area (Å²) >= 11 is 0. The van der Waals surface area contributed by atoms with Crippen molar-refractivity contribution in [2.45, 2.75) is 19.8 Å². The number of aromatic nitrogens is 3. The summed E-state index contributed by atoms with van der Waals surface area (Å²) in [5, 5.41) is 0.965. The molecule has 6 nitrogen and oxygen atoms in total. The maximum atomic E-state index is 11.9. The van der Waals surface area contributed by atoms with Gasteiger partial charge in [-0.1, -0.05) is 24.3 Å². The first-order valence-corrected chi connectivity index (χ1v) is 9.69. The molecular weight excluding hydrogens is 376 g/mol. The second kappa shape index (κ2) is 8.29. The predicted octanol–water partition coefficient (Wildman–Crippen LogP) is 3.89. The molecule has 0 fully saturated rings. The molecular formula is C24H22N4O2. The van der Waals surface area contributed by atoms with Crippen molar-refractivity contribution < 1.29 is 9.53 Å². The van der Waals surface area contributed by atoms with Crippen LogP contribution in [0, 0.1) is 6.92 Å². The molecule has 0 saturated heterocycles. The first-order chi connectivity index (χ1) is 14.5. The number of rotatable bonds is 6. The first-order valence-electron chi connectivity index (χ1n) is 9.69. The van der Waals surface area contributed by atoms with Crippen molar-refractivity contribution >= 4 is 16.8 Å². The maximum absolute atomic E-state index is 11.9. The number of methoxy groups -OCH3 is 1. The molecule has 30 heavy (non-hydrogen) atoms. The summed E-state index contributed by atoms with van der Waals surface area (Å²) in [6.07, 6.45) is 5.36. The Bertz CT molecular complexity index is 1200. The highest BCUT2D eigenvalue weighted by Crippen LogP contribution is 2.30. The highest BCUT2D eigenvalue weighted by atomic mass is 16.5. The van der Waals surface area contributed by atoms with Gasteiger partial charge in [-0.2, -0.15) is 0 Å². The summed E-state index contributed by atoms with van der Waals surface area (Å²) in [7, 11) is 1.63. The van der Waals surface area contributed by atoms with E-state index >= 15 is 0 Å². The third-order valence-electron chi connectivity index (χ3n) is 5.06. The van der Waals surface area contributed by atoms with E-state index in [1.165, 1.54) is 0 Å². The molecule has 1 amide bonds. The lowest BCUT2D eigenvalue weighted by Crippen LogP contribution is -2.13. The van der Waals surface area contributed by atoms with Crippen LogP contribution < -0.4 is 10.5 Å². The van der Waals surface area contributed by atoms with Gasteiger partial charge in [0.05, 0.1) is 12.6 Å². The Morgan fingerprint density at radius 3 is 2.33 bits per heavy atom. The van der Waals surface area contributed by atoms with Crippen LogP contribution in [0.1, 0.15) is 27.4 Å². The van der Waals surface area contributed by atoms with Crippen LogP contribution in [-0.2, 0) is 12.8 Å². The van der Waals surface area contributed by atoms with Crippen LogP contribution in [0.15, 0.2) is 60.9 Å². The van der Waals surface area contributed by atoms with E-state index in [-0.39, 0.29) is 5.69 Å². The smallest absolute Gasteiger partial charge is 0.267 e. The zero-order chi connectivity index (χ0) is 21.1. The molecule has 4 aromatic rings. The summed E-state index contributed by atoms with van der Waals surface area (Å²) in [6, 6.07) is 15.6. The second-order valence-electron chi connectivity index (χ2n) is 7.14. The van der Waals surface area contributed by atoms with Crippen LogP contribution in [0.25, 0.3) is 22.0 Å². The Labute approximate surface area is 174 Å². The molecule has 0 spiro atoms. The molecule has 4 rings (SSSR count). The van der Waals surface area contributed by atoms with Gasteiger partial charge >= 0.3 is 0 Å². The van der Waals surface area contributed by atoms with Crippen molar-refractivity contribution in [3.8, 4) is 16.9 Å². The zero-order valence-electron chi connectivity index (χ0n) is 16.9. The Balaban J connectivity index is 1.71. The summed E-state index contributed by atoms with van der Waals surface area (Å²) in [6.45, 7) is 1.87. The molecule has 0 aliphatic carbocycles. The van der Waals surface area contributed by atoms with Crippen LogP contribution >= 0.6 is 0 Å². The topological polar surface area (TPSA) is 91.0 Å². The average Bonchev–Trinajstić information content (AvgIpc) is 2.77.